The molecule has 2 atom stereocenters. The summed E-state index contributed by atoms with van der Waals surface area (Å²) >= 11 is 0. The average molecular weight is 288 g/mol. The molecule has 2 heteroatoms. The molecule has 118 valence electrons. The maximum absolute atomic E-state index is 6.33. The summed E-state index contributed by atoms with van der Waals surface area (Å²) in [6, 6.07) is 10.1. The SMILES string of the molecule is CCC1CCC(N(C)C(c2ccc(C)cc2)C(C)N)CC1. The summed E-state index contributed by atoms with van der Waals surface area (Å²) in [5.41, 5.74) is 9.00. The molecule has 0 saturated heterocycles. The molecule has 1 aliphatic rings. The highest BCUT2D eigenvalue weighted by Crippen LogP contribution is 2.33. The first kappa shape index (κ1) is 16.5. The van der Waals surface area contributed by atoms with Gasteiger partial charge in [0, 0.05) is 18.1 Å². The molecule has 0 aromatic heterocycles. The van der Waals surface area contributed by atoms with Crippen LogP contribution >= 0.6 is 0 Å². The molecule has 1 aliphatic carbocycles. The monoisotopic (exact) mass is 288 g/mol. The molecule has 0 bridgehead atoms. The van der Waals surface area contributed by atoms with E-state index in [0.29, 0.717) is 12.1 Å². The summed E-state index contributed by atoms with van der Waals surface area (Å²) in [6.07, 6.45) is 6.75. The van der Waals surface area contributed by atoms with Crippen molar-refractivity contribution >= 4 is 0 Å². The molecule has 0 aliphatic heterocycles. The summed E-state index contributed by atoms with van der Waals surface area (Å²) in [6.45, 7) is 6.60. The highest BCUT2D eigenvalue weighted by Gasteiger charge is 2.29. The summed E-state index contributed by atoms with van der Waals surface area (Å²) in [5.74, 6) is 0.947. The van der Waals surface area contributed by atoms with Gasteiger partial charge in [0.05, 0.1) is 0 Å². The second kappa shape index (κ2) is 7.42. The number of rotatable bonds is 5. The van der Waals surface area contributed by atoms with Gasteiger partial charge in [0.1, 0.15) is 0 Å². The summed E-state index contributed by atoms with van der Waals surface area (Å²) in [5, 5.41) is 0. The van der Waals surface area contributed by atoms with Crippen molar-refractivity contribution in [2.24, 2.45) is 11.7 Å². The van der Waals surface area contributed by atoms with E-state index in [-0.39, 0.29) is 6.04 Å². The van der Waals surface area contributed by atoms with Crippen LogP contribution in [0.25, 0.3) is 0 Å². The number of aryl methyl sites for hydroxylation is 1. The molecule has 2 unspecified atom stereocenters. The molecule has 1 fully saturated rings. The fourth-order valence-electron chi connectivity index (χ4n) is 3.86. The van der Waals surface area contributed by atoms with Crippen LogP contribution in [0.5, 0.6) is 0 Å². The average Bonchev–Trinajstić information content (AvgIpc) is 2.49. The standard InChI is InChI=1S/C19H32N2/c1-5-16-8-12-18(13-9-16)21(4)19(15(3)20)17-10-6-14(2)7-11-17/h6-7,10-11,15-16,18-19H,5,8-9,12-13,20H2,1-4H3. The highest BCUT2D eigenvalue weighted by molar-refractivity contribution is 5.25. The molecular formula is C19H32N2. The second-order valence-electron chi connectivity index (χ2n) is 6.96. The van der Waals surface area contributed by atoms with E-state index in [1.165, 1.54) is 43.2 Å². The Morgan fingerprint density at radius 3 is 2.19 bits per heavy atom. The van der Waals surface area contributed by atoms with Crippen molar-refractivity contribution in [1.29, 1.82) is 0 Å². The van der Waals surface area contributed by atoms with Crippen LogP contribution < -0.4 is 5.73 Å². The van der Waals surface area contributed by atoms with Gasteiger partial charge in [-0.05, 0) is 58.1 Å². The quantitative estimate of drug-likeness (QED) is 0.876. The van der Waals surface area contributed by atoms with Gasteiger partial charge >= 0.3 is 0 Å². The van der Waals surface area contributed by atoms with E-state index < -0.39 is 0 Å². The molecule has 21 heavy (non-hydrogen) atoms. The Hall–Kier alpha value is -0.860. The molecule has 2 rings (SSSR count). The number of nitrogens with two attached hydrogens (primary N) is 1. The normalized spacial score (nSPS) is 25.8. The van der Waals surface area contributed by atoms with E-state index in [1.807, 2.05) is 0 Å². The molecule has 0 radical (unpaired) electrons. The number of likely N-dealkylation sites (N-methyl/N-ethyl adjacent to an activating group) is 1. The fraction of sp³-hybridized carbons (Fsp3) is 0.684. The summed E-state index contributed by atoms with van der Waals surface area (Å²) in [4.78, 5) is 2.54. The molecule has 2 N–H and O–H groups in total. The first-order valence-electron chi connectivity index (χ1n) is 8.57. The molecule has 0 amide bonds. The smallest absolute Gasteiger partial charge is 0.0496 e. The van der Waals surface area contributed by atoms with Gasteiger partial charge in [0.25, 0.3) is 0 Å². The fourth-order valence-corrected chi connectivity index (χ4v) is 3.86. The first-order chi connectivity index (χ1) is 10.0. The van der Waals surface area contributed by atoms with Gasteiger partial charge in [0.15, 0.2) is 0 Å². The van der Waals surface area contributed by atoms with Gasteiger partial charge in [0.2, 0.25) is 0 Å². The maximum atomic E-state index is 6.33. The lowest BCUT2D eigenvalue weighted by Gasteiger charge is -2.41. The lowest BCUT2D eigenvalue weighted by Crippen LogP contribution is -2.44. The zero-order chi connectivity index (χ0) is 15.4. The van der Waals surface area contributed by atoms with Crippen molar-refractivity contribution in [3.8, 4) is 0 Å². The van der Waals surface area contributed by atoms with Gasteiger partial charge in [-0.2, -0.15) is 0 Å². The Kier molecular flexibility index (Phi) is 5.83. The van der Waals surface area contributed by atoms with Crippen molar-refractivity contribution < 1.29 is 0 Å². The minimum absolute atomic E-state index is 0.154. The lowest BCUT2D eigenvalue weighted by atomic mass is 9.83. The molecule has 0 heterocycles. The van der Waals surface area contributed by atoms with Gasteiger partial charge in [-0.25, -0.2) is 0 Å². The zero-order valence-electron chi connectivity index (χ0n) is 14.2. The molecule has 1 aromatic carbocycles. The number of hydrogen-bond acceptors (Lipinski definition) is 2. The third-order valence-corrected chi connectivity index (χ3v) is 5.33. The summed E-state index contributed by atoms with van der Waals surface area (Å²) < 4.78 is 0. The van der Waals surface area contributed by atoms with E-state index in [2.05, 4.69) is 57.0 Å². The first-order valence-corrected chi connectivity index (χ1v) is 8.57. The van der Waals surface area contributed by atoms with Crippen molar-refractivity contribution in [2.75, 3.05) is 7.05 Å². The number of nitrogens with zero attached hydrogens (tertiary/aromatic N) is 1. The topological polar surface area (TPSA) is 29.3 Å². The molecule has 0 spiro atoms. The van der Waals surface area contributed by atoms with Gasteiger partial charge in [-0.3, -0.25) is 4.90 Å². The van der Waals surface area contributed by atoms with Crippen LogP contribution in [0.4, 0.5) is 0 Å². The zero-order valence-corrected chi connectivity index (χ0v) is 14.2. The van der Waals surface area contributed by atoms with Crippen molar-refractivity contribution in [2.45, 2.75) is 71.0 Å². The predicted octanol–water partition coefficient (Wildman–Crippen LogP) is 4.28. The molecule has 1 saturated carbocycles. The van der Waals surface area contributed by atoms with E-state index >= 15 is 0 Å². The second-order valence-corrected chi connectivity index (χ2v) is 6.96. The largest absolute Gasteiger partial charge is 0.326 e. The maximum Gasteiger partial charge on any atom is 0.0496 e. The summed E-state index contributed by atoms with van der Waals surface area (Å²) in [7, 11) is 2.27. The van der Waals surface area contributed by atoms with Crippen molar-refractivity contribution in [1.82, 2.24) is 4.90 Å². The third-order valence-electron chi connectivity index (χ3n) is 5.33. The van der Waals surface area contributed by atoms with Crippen LogP contribution in [-0.2, 0) is 0 Å². The van der Waals surface area contributed by atoms with Crippen LogP contribution in [0.15, 0.2) is 24.3 Å². The van der Waals surface area contributed by atoms with E-state index in [1.54, 1.807) is 0 Å². The number of benzene rings is 1. The lowest BCUT2D eigenvalue weighted by molar-refractivity contribution is 0.107. The van der Waals surface area contributed by atoms with E-state index in [4.69, 9.17) is 5.73 Å². The van der Waals surface area contributed by atoms with Crippen molar-refractivity contribution in [3.63, 3.8) is 0 Å². The Labute approximate surface area is 130 Å². The van der Waals surface area contributed by atoms with Gasteiger partial charge in [-0.1, -0.05) is 43.2 Å². The minimum Gasteiger partial charge on any atom is -0.326 e. The molecular weight excluding hydrogens is 256 g/mol. The van der Waals surface area contributed by atoms with E-state index in [9.17, 15) is 0 Å². The molecule has 1 aromatic rings. The van der Waals surface area contributed by atoms with Crippen LogP contribution in [0.2, 0.25) is 0 Å². The third kappa shape index (κ3) is 4.08. The van der Waals surface area contributed by atoms with Crippen LogP contribution in [0.3, 0.4) is 0 Å². The minimum atomic E-state index is 0.154. The Bertz CT molecular complexity index is 416. The van der Waals surface area contributed by atoms with Gasteiger partial charge in [-0.15, -0.1) is 0 Å². The molecule has 2 nitrogen and oxygen atoms in total. The van der Waals surface area contributed by atoms with Crippen LogP contribution in [-0.4, -0.2) is 24.0 Å². The Morgan fingerprint density at radius 1 is 1.14 bits per heavy atom. The van der Waals surface area contributed by atoms with Crippen LogP contribution in [0, 0.1) is 12.8 Å². The number of hydrogen-bond donors (Lipinski definition) is 1. The van der Waals surface area contributed by atoms with Gasteiger partial charge < -0.3 is 5.73 Å². The van der Waals surface area contributed by atoms with Crippen LogP contribution in [0.1, 0.15) is 63.1 Å². The Morgan fingerprint density at radius 2 is 1.71 bits per heavy atom. The Balaban J connectivity index is 2.09. The predicted molar refractivity (Wildman–Crippen MR) is 91.4 cm³/mol. The van der Waals surface area contributed by atoms with E-state index in [0.717, 1.165) is 5.92 Å². The highest BCUT2D eigenvalue weighted by atomic mass is 15.2. The van der Waals surface area contributed by atoms with Crippen molar-refractivity contribution in [3.05, 3.63) is 35.4 Å².